The molecule has 4 aromatic rings. The van der Waals surface area contributed by atoms with Crippen molar-refractivity contribution in [3.05, 3.63) is 64.5 Å². The van der Waals surface area contributed by atoms with Crippen molar-refractivity contribution < 1.29 is 18.7 Å². The van der Waals surface area contributed by atoms with Crippen LogP contribution in [0.4, 0.5) is 0 Å². The fourth-order valence-corrected chi connectivity index (χ4v) is 5.24. The molecular weight excluding hydrogens is 478 g/mol. The van der Waals surface area contributed by atoms with Gasteiger partial charge in [0, 0.05) is 24.6 Å². The number of aliphatic hydroxyl groups is 1. The molecule has 0 spiro atoms. The van der Waals surface area contributed by atoms with Crippen molar-refractivity contribution >= 4 is 22.6 Å². The molecule has 190 valence electrons. The number of piperidine rings is 1. The van der Waals surface area contributed by atoms with Crippen LogP contribution >= 0.6 is 11.6 Å². The fourth-order valence-electron chi connectivity index (χ4n) is 4.91. The van der Waals surface area contributed by atoms with Gasteiger partial charge in [0.25, 0.3) is 5.89 Å². The molecule has 36 heavy (non-hydrogen) atoms. The third kappa shape index (κ3) is 5.43. The lowest BCUT2D eigenvalue weighted by molar-refractivity contribution is 0.0599. The summed E-state index contributed by atoms with van der Waals surface area (Å²) in [7, 11) is 0. The summed E-state index contributed by atoms with van der Waals surface area (Å²) in [5, 5.41) is 20.2. The molecule has 1 atom stereocenters. The number of rotatable bonds is 8. The SMILES string of the molecule is Cc1nnc(-c2cc3c(OC[C@@H](O)CN4CCC(c5ccc(Cl)c(C(C)C)c5)CC4)cccc3o2)o1. The molecule has 3 heterocycles. The Bertz CT molecular complexity index is 1320. The van der Waals surface area contributed by atoms with E-state index in [-0.39, 0.29) is 6.61 Å². The average molecular weight is 510 g/mol. The zero-order chi connectivity index (χ0) is 25.2. The molecule has 1 N–H and O–H groups in total. The summed E-state index contributed by atoms with van der Waals surface area (Å²) in [5.74, 6) is 2.89. The van der Waals surface area contributed by atoms with Crippen molar-refractivity contribution in [3.8, 4) is 17.4 Å². The summed E-state index contributed by atoms with van der Waals surface area (Å²) in [5.41, 5.74) is 3.25. The van der Waals surface area contributed by atoms with E-state index in [4.69, 9.17) is 25.2 Å². The highest BCUT2D eigenvalue weighted by Gasteiger charge is 2.23. The number of hydrogen-bond donors (Lipinski definition) is 1. The molecule has 7 nitrogen and oxygen atoms in total. The molecule has 1 aliphatic rings. The number of halogens is 1. The number of aromatic nitrogens is 2. The second kappa shape index (κ2) is 10.6. The molecule has 2 aromatic heterocycles. The first kappa shape index (κ1) is 24.8. The minimum absolute atomic E-state index is 0.203. The van der Waals surface area contributed by atoms with Crippen molar-refractivity contribution in [2.75, 3.05) is 26.2 Å². The van der Waals surface area contributed by atoms with E-state index in [0.29, 0.717) is 47.3 Å². The van der Waals surface area contributed by atoms with Gasteiger partial charge < -0.3 is 23.6 Å². The Morgan fingerprint density at radius 1 is 1.11 bits per heavy atom. The number of fused-ring (bicyclic) bond motifs is 1. The van der Waals surface area contributed by atoms with Gasteiger partial charge >= 0.3 is 0 Å². The second-order valence-corrected chi connectivity index (χ2v) is 10.3. The van der Waals surface area contributed by atoms with E-state index < -0.39 is 6.10 Å². The van der Waals surface area contributed by atoms with E-state index in [2.05, 4.69) is 41.1 Å². The molecule has 0 aliphatic carbocycles. The maximum Gasteiger partial charge on any atom is 0.283 e. The number of nitrogens with zero attached hydrogens (tertiary/aromatic N) is 3. The second-order valence-electron chi connectivity index (χ2n) is 9.88. The van der Waals surface area contributed by atoms with Crippen LogP contribution in [-0.2, 0) is 0 Å². The number of likely N-dealkylation sites (tertiary alicyclic amines) is 1. The van der Waals surface area contributed by atoms with E-state index in [1.807, 2.05) is 30.3 Å². The minimum atomic E-state index is -0.593. The molecule has 0 radical (unpaired) electrons. The Balaban J connectivity index is 1.15. The van der Waals surface area contributed by atoms with Crippen molar-refractivity contribution in [2.24, 2.45) is 0 Å². The zero-order valence-corrected chi connectivity index (χ0v) is 21.7. The Hall–Kier alpha value is -2.87. The van der Waals surface area contributed by atoms with Crippen LogP contribution in [0, 0.1) is 6.92 Å². The van der Waals surface area contributed by atoms with E-state index >= 15 is 0 Å². The molecule has 1 saturated heterocycles. The van der Waals surface area contributed by atoms with Gasteiger partial charge in [-0.25, -0.2) is 0 Å². The zero-order valence-electron chi connectivity index (χ0n) is 20.9. The number of aliphatic hydroxyl groups excluding tert-OH is 1. The molecule has 0 amide bonds. The first-order chi connectivity index (χ1) is 17.4. The van der Waals surface area contributed by atoms with Gasteiger partial charge in [-0.05, 0) is 67.1 Å². The van der Waals surface area contributed by atoms with Crippen LogP contribution in [0.25, 0.3) is 22.6 Å². The molecule has 8 heteroatoms. The maximum absolute atomic E-state index is 10.7. The van der Waals surface area contributed by atoms with Crippen molar-refractivity contribution in [1.82, 2.24) is 15.1 Å². The average Bonchev–Trinajstić information content (AvgIpc) is 3.50. The van der Waals surface area contributed by atoms with Gasteiger partial charge in [0.1, 0.15) is 24.0 Å². The number of ether oxygens (including phenoxy) is 1. The normalized spacial score (nSPS) is 16.2. The predicted molar refractivity (Wildman–Crippen MR) is 140 cm³/mol. The number of hydrogen-bond acceptors (Lipinski definition) is 7. The molecule has 1 aliphatic heterocycles. The van der Waals surface area contributed by atoms with Gasteiger partial charge in [0.2, 0.25) is 5.89 Å². The van der Waals surface area contributed by atoms with Gasteiger partial charge in [0.15, 0.2) is 5.76 Å². The summed E-state index contributed by atoms with van der Waals surface area (Å²) in [6.07, 6.45) is 1.54. The molecule has 1 fully saturated rings. The summed E-state index contributed by atoms with van der Waals surface area (Å²) in [6.45, 7) is 8.77. The van der Waals surface area contributed by atoms with Crippen molar-refractivity contribution in [3.63, 3.8) is 0 Å². The lowest BCUT2D eigenvalue weighted by Gasteiger charge is -2.33. The monoisotopic (exact) mass is 509 g/mol. The van der Waals surface area contributed by atoms with Crippen LogP contribution in [0.3, 0.4) is 0 Å². The fraction of sp³-hybridized carbons (Fsp3) is 0.429. The smallest absolute Gasteiger partial charge is 0.283 e. The number of aryl methyl sites for hydroxylation is 1. The topological polar surface area (TPSA) is 84.8 Å². The van der Waals surface area contributed by atoms with Crippen molar-refractivity contribution in [1.29, 1.82) is 0 Å². The molecule has 0 saturated carbocycles. The van der Waals surface area contributed by atoms with Crippen LogP contribution < -0.4 is 4.74 Å². The highest BCUT2D eigenvalue weighted by molar-refractivity contribution is 6.31. The summed E-state index contributed by atoms with van der Waals surface area (Å²) in [6, 6.07) is 13.9. The minimum Gasteiger partial charge on any atom is -0.490 e. The van der Waals surface area contributed by atoms with Crippen molar-refractivity contribution in [2.45, 2.75) is 51.6 Å². The van der Waals surface area contributed by atoms with E-state index in [9.17, 15) is 5.11 Å². The first-order valence-corrected chi connectivity index (χ1v) is 12.9. The van der Waals surface area contributed by atoms with Crippen LogP contribution in [0.2, 0.25) is 5.02 Å². The number of β-amino-alcohol motifs (C(OH)–C–C–N with tert-alkyl or cyclic N) is 1. The maximum atomic E-state index is 10.7. The van der Waals surface area contributed by atoms with Gasteiger partial charge in [-0.2, -0.15) is 0 Å². The molecule has 2 aromatic carbocycles. The summed E-state index contributed by atoms with van der Waals surface area (Å²) >= 11 is 6.38. The Morgan fingerprint density at radius 3 is 2.64 bits per heavy atom. The third-order valence-electron chi connectivity index (χ3n) is 6.86. The van der Waals surface area contributed by atoms with Crippen LogP contribution in [-0.4, -0.2) is 52.5 Å². The number of furan rings is 1. The number of benzene rings is 2. The summed E-state index contributed by atoms with van der Waals surface area (Å²) in [4.78, 5) is 2.32. The van der Waals surface area contributed by atoms with Gasteiger partial charge in [-0.3, -0.25) is 0 Å². The quantitative estimate of drug-likeness (QED) is 0.303. The van der Waals surface area contributed by atoms with Crippen LogP contribution in [0.5, 0.6) is 5.75 Å². The lowest BCUT2D eigenvalue weighted by Crippen LogP contribution is -2.40. The van der Waals surface area contributed by atoms with Crippen LogP contribution in [0.15, 0.2) is 51.3 Å². The van der Waals surface area contributed by atoms with E-state index in [0.717, 1.165) is 36.3 Å². The van der Waals surface area contributed by atoms with Crippen LogP contribution in [0.1, 0.15) is 55.5 Å². The summed E-state index contributed by atoms with van der Waals surface area (Å²) < 4.78 is 17.3. The predicted octanol–water partition coefficient (Wildman–Crippen LogP) is 6.19. The highest BCUT2D eigenvalue weighted by Crippen LogP contribution is 2.34. The van der Waals surface area contributed by atoms with E-state index in [1.165, 1.54) is 11.1 Å². The molecule has 0 bridgehead atoms. The van der Waals surface area contributed by atoms with Gasteiger partial charge in [0.05, 0.1) is 5.39 Å². The Kier molecular flexibility index (Phi) is 7.32. The molecular formula is C28H32ClN3O4. The molecule has 5 rings (SSSR count). The first-order valence-electron chi connectivity index (χ1n) is 12.5. The highest BCUT2D eigenvalue weighted by atomic mass is 35.5. The lowest BCUT2D eigenvalue weighted by atomic mass is 9.87. The molecule has 0 unspecified atom stereocenters. The van der Waals surface area contributed by atoms with Gasteiger partial charge in [-0.15, -0.1) is 10.2 Å². The van der Waals surface area contributed by atoms with E-state index in [1.54, 1.807) is 6.92 Å². The Morgan fingerprint density at radius 2 is 1.92 bits per heavy atom. The largest absolute Gasteiger partial charge is 0.490 e. The Labute approximate surface area is 216 Å². The standard InChI is InChI=1S/C28H32ClN3O4/c1-17(2)22-13-20(7-8-24(22)29)19-9-11-32(12-10-19)15-21(33)16-34-25-5-4-6-26-23(25)14-27(36-26)28-31-30-18(3)35-28/h4-8,13-14,17,19,21,33H,9-12,15-16H2,1-3H3/t21-/m0/s1. The third-order valence-corrected chi connectivity index (χ3v) is 7.20. The van der Waals surface area contributed by atoms with Gasteiger partial charge in [-0.1, -0.05) is 43.6 Å².